The van der Waals surface area contributed by atoms with Crippen LogP contribution in [0, 0.1) is 0 Å². The molecule has 0 unspecified atom stereocenters. The second kappa shape index (κ2) is 3.95. The third-order valence-electron chi connectivity index (χ3n) is 1.68. The number of aromatic amines is 1. The maximum Gasteiger partial charge on any atom is 0.279 e. The molecule has 0 saturated carbocycles. The molecule has 4 N–H and O–H groups in total. The molecule has 1 aromatic rings. The Bertz CT molecular complexity index is 396. The average molecular weight is 219 g/mol. The van der Waals surface area contributed by atoms with Gasteiger partial charge in [-0.2, -0.15) is 22.5 Å². The number of nitrogens with zero attached hydrogens (tertiary/aromatic N) is 2. The largest absolute Gasteiger partial charge is 0.384 e. The zero-order valence-electron chi connectivity index (χ0n) is 7.98. The standard InChI is InChI=1S/C6H13N5O2S/c1-11(2)14(12,13)9-4-5-3-8-10-6(5)7/h3,9H,4H2,1-2H3,(H3,7,8,10). The molecule has 0 saturated heterocycles. The SMILES string of the molecule is CN(C)S(=O)(=O)NCc1cn[nH]c1N. The van der Waals surface area contributed by atoms with Gasteiger partial charge in [0, 0.05) is 26.2 Å². The summed E-state index contributed by atoms with van der Waals surface area (Å²) in [6.45, 7) is 0.128. The predicted octanol–water partition coefficient (Wildman–Crippen LogP) is -1.11. The third-order valence-corrected chi connectivity index (χ3v) is 3.15. The highest BCUT2D eigenvalue weighted by atomic mass is 32.2. The molecular formula is C6H13N5O2S. The van der Waals surface area contributed by atoms with Crippen LogP contribution in [0.3, 0.4) is 0 Å². The van der Waals surface area contributed by atoms with Crippen LogP contribution in [-0.4, -0.2) is 37.0 Å². The zero-order valence-corrected chi connectivity index (χ0v) is 8.80. The maximum atomic E-state index is 11.3. The zero-order chi connectivity index (χ0) is 10.8. The van der Waals surface area contributed by atoms with E-state index < -0.39 is 10.2 Å². The van der Waals surface area contributed by atoms with Gasteiger partial charge in [0.25, 0.3) is 10.2 Å². The van der Waals surface area contributed by atoms with Crippen molar-refractivity contribution in [1.29, 1.82) is 0 Å². The lowest BCUT2D eigenvalue weighted by atomic mass is 10.3. The monoisotopic (exact) mass is 219 g/mol. The van der Waals surface area contributed by atoms with Crippen molar-refractivity contribution in [3.63, 3.8) is 0 Å². The first-order valence-corrected chi connectivity index (χ1v) is 5.32. The quantitative estimate of drug-likeness (QED) is 0.597. The van der Waals surface area contributed by atoms with E-state index in [1.165, 1.54) is 20.3 Å². The van der Waals surface area contributed by atoms with Crippen molar-refractivity contribution in [3.05, 3.63) is 11.8 Å². The van der Waals surface area contributed by atoms with Gasteiger partial charge >= 0.3 is 0 Å². The minimum atomic E-state index is -3.40. The summed E-state index contributed by atoms with van der Waals surface area (Å²) in [6, 6.07) is 0. The summed E-state index contributed by atoms with van der Waals surface area (Å²) in [7, 11) is -0.514. The van der Waals surface area contributed by atoms with Crippen LogP contribution >= 0.6 is 0 Å². The Kier molecular flexibility index (Phi) is 3.09. The number of nitrogen functional groups attached to an aromatic ring is 1. The van der Waals surface area contributed by atoms with Crippen molar-refractivity contribution >= 4 is 16.0 Å². The van der Waals surface area contributed by atoms with Crippen LogP contribution < -0.4 is 10.5 Å². The van der Waals surface area contributed by atoms with Crippen LogP contribution in [0.2, 0.25) is 0 Å². The molecule has 0 amide bonds. The van der Waals surface area contributed by atoms with Gasteiger partial charge in [-0.05, 0) is 0 Å². The van der Waals surface area contributed by atoms with E-state index in [0.29, 0.717) is 11.4 Å². The van der Waals surface area contributed by atoms with E-state index in [0.717, 1.165) is 4.31 Å². The summed E-state index contributed by atoms with van der Waals surface area (Å²) < 4.78 is 26.0. The number of anilines is 1. The number of rotatable bonds is 4. The lowest BCUT2D eigenvalue weighted by Crippen LogP contribution is -2.35. The molecule has 0 spiro atoms. The van der Waals surface area contributed by atoms with Gasteiger partial charge in [-0.15, -0.1) is 0 Å². The van der Waals surface area contributed by atoms with Crippen molar-refractivity contribution < 1.29 is 8.42 Å². The number of hydrogen-bond acceptors (Lipinski definition) is 4. The fourth-order valence-electron chi connectivity index (χ4n) is 0.760. The van der Waals surface area contributed by atoms with Gasteiger partial charge in [-0.1, -0.05) is 0 Å². The molecule has 1 rings (SSSR count). The van der Waals surface area contributed by atoms with Gasteiger partial charge in [0.2, 0.25) is 0 Å². The highest BCUT2D eigenvalue weighted by molar-refractivity contribution is 7.87. The van der Waals surface area contributed by atoms with Crippen LogP contribution in [0.15, 0.2) is 6.20 Å². The Morgan fingerprint density at radius 3 is 2.71 bits per heavy atom. The van der Waals surface area contributed by atoms with Crippen LogP contribution in [0.4, 0.5) is 5.82 Å². The average Bonchev–Trinajstić information content (AvgIpc) is 2.47. The highest BCUT2D eigenvalue weighted by Crippen LogP contribution is 2.05. The van der Waals surface area contributed by atoms with E-state index in [9.17, 15) is 8.42 Å². The number of hydrogen-bond donors (Lipinski definition) is 3. The van der Waals surface area contributed by atoms with Gasteiger partial charge in [-0.3, -0.25) is 5.10 Å². The van der Waals surface area contributed by atoms with Crippen molar-refractivity contribution in [3.8, 4) is 0 Å². The highest BCUT2D eigenvalue weighted by Gasteiger charge is 2.13. The molecule has 0 aliphatic heterocycles. The van der Waals surface area contributed by atoms with Crippen LogP contribution in [-0.2, 0) is 16.8 Å². The summed E-state index contributed by atoms with van der Waals surface area (Å²) in [6.07, 6.45) is 1.48. The van der Waals surface area contributed by atoms with Gasteiger partial charge in [0.15, 0.2) is 0 Å². The van der Waals surface area contributed by atoms with E-state index in [-0.39, 0.29) is 6.54 Å². The van der Waals surface area contributed by atoms with Crippen LogP contribution in [0.25, 0.3) is 0 Å². The molecule has 0 radical (unpaired) electrons. The second-order valence-corrected chi connectivity index (χ2v) is 4.89. The summed E-state index contributed by atoms with van der Waals surface area (Å²) in [5.41, 5.74) is 6.10. The molecule has 8 heteroatoms. The molecule has 0 aliphatic rings. The maximum absolute atomic E-state index is 11.3. The van der Waals surface area contributed by atoms with E-state index in [2.05, 4.69) is 14.9 Å². The Balaban J connectivity index is 2.62. The molecule has 1 heterocycles. The normalized spacial score (nSPS) is 12.2. The molecular weight excluding hydrogens is 206 g/mol. The Morgan fingerprint density at radius 2 is 2.29 bits per heavy atom. The molecule has 1 aromatic heterocycles. The third kappa shape index (κ3) is 2.44. The molecule has 0 fully saturated rings. The van der Waals surface area contributed by atoms with Gasteiger partial charge in [-0.25, -0.2) is 0 Å². The molecule has 0 aliphatic carbocycles. The Hall–Kier alpha value is -1.12. The van der Waals surface area contributed by atoms with E-state index >= 15 is 0 Å². The first kappa shape index (κ1) is 11.0. The van der Waals surface area contributed by atoms with Gasteiger partial charge in [0.1, 0.15) is 5.82 Å². The summed E-state index contributed by atoms with van der Waals surface area (Å²) in [4.78, 5) is 0. The van der Waals surface area contributed by atoms with Crippen LogP contribution in [0.5, 0.6) is 0 Å². The smallest absolute Gasteiger partial charge is 0.279 e. The van der Waals surface area contributed by atoms with Gasteiger partial charge in [0.05, 0.1) is 6.20 Å². The molecule has 0 aromatic carbocycles. The number of nitrogens with two attached hydrogens (primary N) is 1. The summed E-state index contributed by atoms with van der Waals surface area (Å²) in [5, 5.41) is 6.18. The number of H-pyrrole nitrogens is 1. The number of aromatic nitrogens is 2. The number of nitrogens with one attached hydrogen (secondary N) is 2. The van der Waals surface area contributed by atoms with Crippen molar-refractivity contribution in [1.82, 2.24) is 19.2 Å². The first-order chi connectivity index (χ1) is 6.43. The summed E-state index contributed by atoms with van der Waals surface area (Å²) in [5.74, 6) is 0.367. The van der Waals surface area contributed by atoms with Crippen molar-refractivity contribution in [2.45, 2.75) is 6.54 Å². The first-order valence-electron chi connectivity index (χ1n) is 3.88. The minimum absolute atomic E-state index is 0.128. The Morgan fingerprint density at radius 1 is 1.64 bits per heavy atom. The predicted molar refractivity (Wildman–Crippen MR) is 52.4 cm³/mol. The molecule has 0 bridgehead atoms. The van der Waals surface area contributed by atoms with E-state index in [1.807, 2.05) is 0 Å². The van der Waals surface area contributed by atoms with E-state index in [1.54, 1.807) is 0 Å². The lowest BCUT2D eigenvalue weighted by molar-refractivity contribution is 0.505. The molecule has 14 heavy (non-hydrogen) atoms. The molecule has 7 nitrogen and oxygen atoms in total. The lowest BCUT2D eigenvalue weighted by Gasteiger charge is -2.11. The molecule has 0 atom stereocenters. The fraction of sp³-hybridized carbons (Fsp3) is 0.500. The Labute approximate surface area is 82.5 Å². The van der Waals surface area contributed by atoms with E-state index in [4.69, 9.17) is 5.73 Å². The second-order valence-electron chi connectivity index (χ2n) is 2.92. The summed E-state index contributed by atoms with van der Waals surface area (Å²) >= 11 is 0. The topological polar surface area (TPSA) is 104 Å². The van der Waals surface area contributed by atoms with Crippen LogP contribution in [0.1, 0.15) is 5.56 Å². The van der Waals surface area contributed by atoms with Gasteiger partial charge < -0.3 is 5.73 Å². The fourth-order valence-corrected chi connectivity index (χ4v) is 1.36. The van der Waals surface area contributed by atoms with Crippen molar-refractivity contribution in [2.24, 2.45) is 0 Å². The molecule has 80 valence electrons. The minimum Gasteiger partial charge on any atom is -0.384 e. The van der Waals surface area contributed by atoms with Crippen molar-refractivity contribution in [2.75, 3.05) is 19.8 Å².